The van der Waals surface area contributed by atoms with Gasteiger partial charge in [-0.1, -0.05) is 6.07 Å². The van der Waals surface area contributed by atoms with E-state index in [1.807, 2.05) is 30.6 Å². The number of anilines is 1. The minimum atomic E-state index is 0.401. The van der Waals surface area contributed by atoms with Crippen LogP contribution in [0.15, 0.2) is 62.1 Å². The quantitative estimate of drug-likeness (QED) is 0.769. The van der Waals surface area contributed by atoms with Crippen LogP contribution in [0.5, 0.6) is 0 Å². The number of nitriles is 1. The molecule has 2 aliphatic rings. The second-order valence-electron chi connectivity index (χ2n) is 4.46. The highest BCUT2D eigenvalue weighted by Crippen LogP contribution is 2.38. The highest BCUT2D eigenvalue weighted by Gasteiger charge is 2.27. The predicted molar refractivity (Wildman–Crippen MR) is 85.3 cm³/mol. The summed E-state index contributed by atoms with van der Waals surface area (Å²) in [5.74, 6) is 0.401. The Morgan fingerprint density at radius 3 is 2.90 bits per heavy atom. The third-order valence-corrected chi connectivity index (χ3v) is 5.29. The normalized spacial score (nSPS) is 17.1. The summed E-state index contributed by atoms with van der Waals surface area (Å²) in [6.45, 7) is 0.704. The van der Waals surface area contributed by atoms with Crippen molar-refractivity contribution in [1.29, 1.82) is 5.26 Å². The van der Waals surface area contributed by atoms with Gasteiger partial charge in [0.25, 0.3) is 0 Å². The lowest BCUT2D eigenvalue weighted by Gasteiger charge is -2.18. The van der Waals surface area contributed by atoms with Crippen molar-refractivity contribution >= 4 is 37.5 Å². The number of rotatable bonds is 1. The standard InChI is InChI=1S/C14H10Br2N4/c15-11-2-1-3-12(13(11)16)20-6-8-5-19-14(18)9(4-17)10(8)7-20/h1-3,5,7,19H,6,18H2. The number of fused-ring (bicyclic) bond motifs is 1. The van der Waals surface area contributed by atoms with Gasteiger partial charge in [0, 0.05) is 29.0 Å². The van der Waals surface area contributed by atoms with Crippen molar-refractivity contribution in [2.75, 3.05) is 11.4 Å². The first-order valence-electron chi connectivity index (χ1n) is 5.90. The van der Waals surface area contributed by atoms with Crippen LogP contribution in [0.4, 0.5) is 5.69 Å². The Hall–Kier alpha value is -1.71. The van der Waals surface area contributed by atoms with Gasteiger partial charge in [-0.25, -0.2) is 0 Å². The number of hydrogen-bond acceptors (Lipinski definition) is 4. The van der Waals surface area contributed by atoms with Crippen LogP contribution in [-0.2, 0) is 0 Å². The number of halogens is 2. The molecule has 0 radical (unpaired) electrons. The van der Waals surface area contributed by atoms with Crippen LogP contribution >= 0.6 is 31.9 Å². The molecule has 6 heteroatoms. The number of nitrogens with two attached hydrogens (primary N) is 1. The van der Waals surface area contributed by atoms with Crippen molar-refractivity contribution in [2.45, 2.75) is 0 Å². The molecular weight excluding hydrogens is 384 g/mol. The van der Waals surface area contributed by atoms with Gasteiger partial charge in [-0.3, -0.25) is 0 Å². The van der Waals surface area contributed by atoms with Gasteiger partial charge in [-0.05, 0) is 49.6 Å². The lowest BCUT2D eigenvalue weighted by Crippen LogP contribution is -2.22. The molecule has 0 saturated carbocycles. The van der Waals surface area contributed by atoms with E-state index >= 15 is 0 Å². The van der Waals surface area contributed by atoms with Crippen molar-refractivity contribution in [3.63, 3.8) is 0 Å². The molecule has 3 N–H and O–H groups in total. The van der Waals surface area contributed by atoms with Gasteiger partial charge in [0.05, 0.1) is 10.2 Å². The molecule has 2 heterocycles. The van der Waals surface area contributed by atoms with Crippen LogP contribution in [0.3, 0.4) is 0 Å². The lowest BCUT2D eigenvalue weighted by atomic mass is 10.0. The van der Waals surface area contributed by atoms with E-state index in [2.05, 4.69) is 48.1 Å². The monoisotopic (exact) mass is 392 g/mol. The summed E-state index contributed by atoms with van der Waals surface area (Å²) in [5.41, 5.74) is 9.29. The number of allylic oxidation sites excluding steroid dienone is 1. The topological polar surface area (TPSA) is 65.1 Å². The molecule has 1 aromatic carbocycles. The number of nitrogens with zero attached hydrogens (tertiary/aromatic N) is 2. The van der Waals surface area contributed by atoms with E-state index < -0.39 is 0 Å². The van der Waals surface area contributed by atoms with Crippen molar-refractivity contribution in [3.05, 3.63) is 62.1 Å². The molecule has 100 valence electrons. The Balaban J connectivity index is 2.05. The van der Waals surface area contributed by atoms with Crippen LogP contribution in [0.25, 0.3) is 0 Å². The first-order chi connectivity index (χ1) is 9.61. The molecule has 4 nitrogen and oxygen atoms in total. The Morgan fingerprint density at radius 1 is 1.35 bits per heavy atom. The summed E-state index contributed by atoms with van der Waals surface area (Å²) in [7, 11) is 0. The zero-order valence-corrected chi connectivity index (χ0v) is 13.5. The first-order valence-corrected chi connectivity index (χ1v) is 7.49. The Bertz CT molecular complexity index is 725. The minimum absolute atomic E-state index is 0.401. The fourth-order valence-electron chi connectivity index (χ4n) is 2.27. The van der Waals surface area contributed by atoms with E-state index in [-0.39, 0.29) is 0 Å². The molecule has 1 aromatic rings. The van der Waals surface area contributed by atoms with Crippen molar-refractivity contribution in [3.8, 4) is 6.07 Å². The molecule has 0 aliphatic carbocycles. The van der Waals surface area contributed by atoms with E-state index in [1.165, 1.54) is 0 Å². The average Bonchev–Trinajstić information content (AvgIpc) is 2.85. The molecule has 3 rings (SSSR count). The molecule has 0 fully saturated rings. The molecule has 0 amide bonds. The molecule has 0 atom stereocenters. The third-order valence-electron chi connectivity index (χ3n) is 3.26. The molecule has 0 saturated heterocycles. The van der Waals surface area contributed by atoms with Crippen LogP contribution < -0.4 is 16.0 Å². The van der Waals surface area contributed by atoms with Gasteiger partial charge >= 0.3 is 0 Å². The maximum absolute atomic E-state index is 9.23. The van der Waals surface area contributed by atoms with Crippen LogP contribution in [0.2, 0.25) is 0 Å². The Labute approximate surface area is 133 Å². The second kappa shape index (κ2) is 5.00. The molecule has 2 aliphatic heterocycles. The van der Waals surface area contributed by atoms with Gasteiger partial charge in [-0.15, -0.1) is 0 Å². The zero-order valence-electron chi connectivity index (χ0n) is 10.3. The minimum Gasteiger partial charge on any atom is -0.384 e. The third kappa shape index (κ3) is 2.03. The fraction of sp³-hybridized carbons (Fsp3) is 0.0714. The molecule has 0 unspecified atom stereocenters. The van der Waals surface area contributed by atoms with Gasteiger partial charge in [0.15, 0.2) is 0 Å². The summed E-state index contributed by atoms with van der Waals surface area (Å²) < 4.78 is 1.98. The van der Waals surface area contributed by atoms with E-state index in [9.17, 15) is 5.26 Å². The highest BCUT2D eigenvalue weighted by molar-refractivity contribution is 9.13. The van der Waals surface area contributed by atoms with E-state index in [0.29, 0.717) is 17.9 Å². The summed E-state index contributed by atoms with van der Waals surface area (Å²) in [6, 6.07) is 8.14. The maximum Gasteiger partial charge on any atom is 0.119 e. The predicted octanol–water partition coefficient (Wildman–Crippen LogP) is 3.10. The number of hydrogen-bond donors (Lipinski definition) is 2. The van der Waals surface area contributed by atoms with Crippen LogP contribution in [0.1, 0.15) is 0 Å². The smallest absolute Gasteiger partial charge is 0.119 e. The molecule has 20 heavy (non-hydrogen) atoms. The van der Waals surface area contributed by atoms with Crippen LogP contribution in [0, 0.1) is 11.3 Å². The molecule has 0 aromatic heterocycles. The van der Waals surface area contributed by atoms with E-state index in [0.717, 1.165) is 25.8 Å². The van der Waals surface area contributed by atoms with Crippen LogP contribution in [-0.4, -0.2) is 6.54 Å². The summed E-state index contributed by atoms with van der Waals surface area (Å²) in [6.07, 6.45) is 3.82. The summed E-state index contributed by atoms with van der Waals surface area (Å²) in [4.78, 5) is 2.09. The zero-order chi connectivity index (χ0) is 14.3. The first kappa shape index (κ1) is 13.3. The Kier molecular flexibility index (Phi) is 3.32. The SMILES string of the molecule is N#CC1=C(N)NC=C2CN(c3cccc(Br)c3Br)C=C21. The highest BCUT2D eigenvalue weighted by atomic mass is 79.9. The number of benzene rings is 1. The molecule has 0 spiro atoms. The largest absolute Gasteiger partial charge is 0.384 e. The molecule has 0 bridgehead atoms. The number of dihydropyridines is 1. The van der Waals surface area contributed by atoms with Crippen molar-refractivity contribution in [2.24, 2.45) is 5.73 Å². The fourth-order valence-corrected chi connectivity index (χ4v) is 3.12. The summed E-state index contributed by atoms with van der Waals surface area (Å²) >= 11 is 7.08. The Morgan fingerprint density at radius 2 is 2.15 bits per heavy atom. The van der Waals surface area contributed by atoms with E-state index in [1.54, 1.807) is 0 Å². The van der Waals surface area contributed by atoms with E-state index in [4.69, 9.17) is 5.73 Å². The van der Waals surface area contributed by atoms with Gasteiger partial charge in [0.2, 0.25) is 0 Å². The molecular formula is C14H10Br2N4. The average molecular weight is 394 g/mol. The number of nitrogens with one attached hydrogen (secondary N) is 1. The lowest BCUT2D eigenvalue weighted by molar-refractivity contribution is 0.961. The summed E-state index contributed by atoms with van der Waals surface area (Å²) in [5, 5.41) is 12.2. The van der Waals surface area contributed by atoms with Gasteiger partial charge in [0.1, 0.15) is 17.5 Å². The maximum atomic E-state index is 9.23. The van der Waals surface area contributed by atoms with Crippen molar-refractivity contribution < 1.29 is 0 Å². The van der Waals surface area contributed by atoms with Gasteiger partial charge < -0.3 is 16.0 Å². The van der Waals surface area contributed by atoms with Crippen molar-refractivity contribution in [1.82, 2.24) is 5.32 Å². The second-order valence-corrected chi connectivity index (χ2v) is 6.11. The van der Waals surface area contributed by atoms with Gasteiger partial charge in [-0.2, -0.15) is 5.26 Å².